The summed E-state index contributed by atoms with van der Waals surface area (Å²) in [7, 11) is 4.21. The van der Waals surface area contributed by atoms with Gasteiger partial charge >= 0.3 is 0 Å². The van der Waals surface area contributed by atoms with Crippen LogP contribution < -0.4 is 5.32 Å². The molecule has 0 aliphatic carbocycles. The SMILES string of the molecule is CNCC(c1ncc(C2CCN(C)CC2)[nH]1)C(C)C. The first-order valence-electron chi connectivity index (χ1n) is 7.49. The maximum atomic E-state index is 4.64. The fourth-order valence-electron chi connectivity index (χ4n) is 2.94. The van der Waals surface area contributed by atoms with E-state index in [1.54, 1.807) is 0 Å². The lowest BCUT2D eigenvalue weighted by molar-refractivity contribution is 0.253. The summed E-state index contributed by atoms with van der Waals surface area (Å²) in [5.41, 5.74) is 1.34. The van der Waals surface area contributed by atoms with Crippen LogP contribution in [-0.2, 0) is 0 Å². The first kappa shape index (κ1) is 14.5. The normalized spacial score (nSPS) is 20.1. The molecular formula is C15H28N4. The number of aromatic nitrogens is 2. The topological polar surface area (TPSA) is 44.0 Å². The summed E-state index contributed by atoms with van der Waals surface area (Å²) >= 11 is 0. The van der Waals surface area contributed by atoms with Gasteiger partial charge in [-0.25, -0.2) is 4.98 Å². The van der Waals surface area contributed by atoms with Crippen LogP contribution in [0.2, 0.25) is 0 Å². The highest BCUT2D eigenvalue weighted by molar-refractivity contribution is 5.12. The molecule has 108 valence electrons. The maximum Gasteiger partial charge on any atom is 0.110 e. The average Bonchev–Trinajstić information content (AvgIpc) is 2.85. The van der Waals surface area contributed by atoms with E-state index in [0.717, 1.165) is 12.4 Å². The summed E-state index contributed by atoms with van der Waals surface area (Å²) in [5.74, 6) is 2.90. The molecule has 1 aliphatic heterocycles. The van der Waals surface area contributed by atoms with Crippen molar-refractivity contribution in [2.45, 2.75) is 38.5 Å². The number of hydrogen-bond donors (Lipinski definition) is 2. The second kappa shape index (κ2) is 6.53. The van der Waals surface area contributed by atoms with Crippen molar-refractivity contribution >= 4 is 0 Å². The molecule has 2 N–H and O–H groups in total. The van der Waals surface area contributed by atoms with E-state index in [1.165, 1.54) is 31.6 Å². The van der Waals surface area contributed by atoms with E-state index >= 15 is 0 Å². The highest BCUT2D eigenvalue weighted by atomic mass is 15.1. The van der Waals surface area contributed by atoms with Crippen LogP contribution in [-0.4, -0.2) is 48.6 Å². The minimum Gasteiger partial charge on any atom is -0.345 e. The van der Waals surface area contributed by atoms with Gasteiger partial charge in [-0.2, -0.15) is 0 Å². The van der Waals surface area contributed by atoms with Gasteiger partial charge in [-0.3, -0.25) is 0 Å². The van der Waals surface area contributed by atoms with E-state index in [0.29, 0.717) is 17.8 Å². The second-order valence-corrected chi connectivity index (χ2v) is 6.21. The van der Waals surface area contributed by atoms with Crippen LogP contribution in [0.4, 0.5) is 0 Å². The molecule has 0 spiro atoms. The van der Waals surface area contributed by atoms with Crippen molar-refractivity contribution in [3.8, 4) is 0 Å². The molecule has 0 saturated carbocycles. The third kappa shape index (κ3) is 3.57. The van der Waals surface area contributed by atoms with Crippen molar-refractivity contribution in [2.75, 3.05) is 33.7 Å². The zero-order chi connectivity index (χ0) is 13.8. The number of aromatic amines is 1. The van der Waals surface area contributed by atoms with Crippen molar-refractivity contribution in [1.29, 1.82) is 0 Å². The number of H-pyrrole nitrogens is 1. The number of likely N-dealkylation sites (tertiary alicyclic amines) is 1. The van der Waals surface area contributed by atoms with Crippen LogP contribution in [0.25, 0.3) is 0 Å². The molecule has 0 radical (unpaired) electrons. The van der Waals surface area contributed by atoms with Crippen molar-refractivity contribution in [2.24, 2.45) is 5.92 Å². The van der Waals surface area contributed by atoms with Gasteiger partial charge in [-0.05, 0) is 45.9 Å². The number of nitrogens with one attached hydrogen (secondary N) is 2. The summed E-state index contributed by atoms with van der Waals surface area (Å²) in [6.45, 7) is 7.91. The quantitative estimate of drug-likeness (QED) is 0.856. The van der Waals surface area contributed by atoms with Crippen LogP contribution in [0, 0.1) is 5.92 Å². The minimum absolute atomic E-state index is 0.477. The van der Waals surface area contributed by atoms with E-state index in [-0.39, 0.29) is 0 Å². The zero-order valence-corrected chi connectivity index (χ0v) is 12.7. The van der Waals surface area contributed by atoms with Crippen molar-refractivity contribution < 1.29 is 0 Å². The monoisotopic (exact) mass is 264 g/mol. The van der Waals surface area contributed by atoms with Crippen LogP contribution in [0.5, 0.6) is 0 Å². The molecular weight excluding hydrogens is 236 g/mol. The van der Waals surface area contributed by atoms with Gasteiger partial charge in [0.15, 0.2) is 0 Å². The number of rotatable bonds is 5. The molecule has 1 fully saturated rings. The van der Waals surface area contributed by atoms with Gasteiger partial charge in [0, 0.05) is 30.3 Å². The molecule has 4 nitrogen and oxygen atoms in total. The maximum absolute atomic E-state index is 4.64. The van der Waals surface area contributed by atoms with Crippen LogP contribution in [0.3, 0.4) is 0 Å². The van der Waals surface area contributed by atoms with Crippen molar-refractivity contribution in [3.63, 3.8) is 0 Å². The van der Waals surface area contributed by atoms with Gasteiger partial charge in [-0.1, -0.05) is 13.8 Å². The van der Waals surface area contributed by atoms with Crippen molar-refractivity contribution in [3.05, 3.63) is 17.7 Å². The number of hydrogen-bond acceptors (Lipinski definition) is 3. The molecule has 0 amide bonds. The molecule has 4 heteroatoms. The third-order valence-electron chi connectivity index (χ3n) is 4.35. The van der Waals surface area contributed by atoms with Crippen LogP contribution in [0.1, 0.15) is 50.0 Å². The predicted octanol–water partition coefficient (Wildman–Crippen LogP) is 2.18. The lowest BCUT2D eigenvalue weighted by Crippen LogP contribution is -2.29. The Hall–Kier alpha value is -0.870. The highest BCUT2D eigenvalue weighted by Gasteiger charge is 2.23. The Bertz CT molecular complexity index is 377. The molecule has 1 aromatic heterocycles. The molecule has 1 atom stereocenters. The Balaban J connectivity index is 2.05. The minimum atomic E-state index is 0.477. The van der Waals surface area contributed by atoms with Gasteiger partial charge < -0.3 is 15.2 Å². The molecule has 1 saturated heterocycles. The summed E-state index contributed by atoms with van der Waals surface area (Å²) in [5, 5.41) is 3.28. The highest BCUT2D eigenvalue weighted by Crippen LogP contribution is 2.28. The Morgan fingerprint density at radius 2 is 2.11 bits per heavy atom. The Labute approximate surface area is 117 Å². The van der Waals surface area contributed by atoms with Crippen LogP contribution >= 0.6 is 0 Å². The Morgan fingerprint density at radius 3 is 2.68 bits per heavy atom. The lowest BCUT2D eigenvalue weighted by Gasteiger charge is -2.28. The first-order valence-corrected chi connectivity index (χ1v) is 7.49. The first-order chi connectivity index (χ1) is 9.11. The van der Waals surface area contributed by atoms with Gasteiger partial charge in [0.25, 0.3) is 0 Å². The number of nitrogens with zero attached hydrogens (tertiary/aromatic N) is 2. The third-order valence-corrected chi connectivity index (χ3v) is 4.35. The zero-order valence-electron chi connectivity index (χ0n) is 12.7. The summed E-state index contributed by atoms with van der Waals surface area (Å²) < 4.78 is 0. The molecule has 19 heavy (non-hydrogen) atoms. The summed E-state index contributed by atoms with van der Waals surface area (Å²) in [6, 6.07) is 0. The average molecular weight is 264 g/mol. The van der Waals surface area contributed by atoms with E-state index in [2.05, 4.69) is 47.3 Å². The molecule has 0 aromatic carbocycles. The van der Waals surface area contributed by atoms with Gasteiger partial charge in [0.1, 0.15) is 5.82 Å². The molecule has 0 bridgehead atoms. The van der Waals surface area contributed by atoms with E-state index in [9.17, 15) is 0 Å². The number of likely N-dealkylation sites (N-methyl/N-ethyl adjacent to an activating group) is 1. The van der Waals surface area contributed by atoms with Gasteiger partial charge in [-0.15, -0.1) is 0 Å². The fraction of sp³-hybridized carbons (Fsp3) is 0.800. The fourth-order valence-corrected chi connectivity index (χ4v) is 2.94. The smallest absolute Gasteiger partial charge is 0.110 e. The number of imidazole rings is 1. The standard InChI is InChI=1S/C15H28N4/c1-11(2)13(9-16-3)15-17-10-14(18-15)12-5-7-19(4)8-6-12/h10-13,16H,5-9H2,1-4H3,(H,17,18). The largest absolute Gasteiger partial charge is 0.345 e. The molecule has 1 unspecified atom stereocenters. The number of piperidine rings is 1. The van der Waals surface area contributed by atoms with Crippen LogP contribution in [0.15, 0.2) is 6.20 Å². The Morgan fingerprint density at radius 1 is 1.42 bits per heavy atom. The molecule has 2 rings (SSSR count). The van der Waals surface area contributed by atoms with Gasteiger partial charge in [0.2, 0.25) is 0 Å². The van der Waals surface area contributed by atoms with Gasteiger partial charge in [0.05, 0.1) is 0 Å². The van der Waals surface area contributed by atoms with E-state index in [1.807, 2.05) is 7.05 Å². The second-order valence-electron chi connectivity index (χ2n) is 6.21. The predicted molar refractivity (Wildman–Crippen MR) is 79.6 cm³/mol. The summed E-state index contributed by atoms with van der Waals surface area (Å²) in [4.78, 5) is 10.6. The lowest BCUT2D eigenvalue weighted by atomic mass is 9.94. The summed E-state index contributed by atoms with van der Waals surface area (Å²) in [6.07, 6.45) is 4.56. The molecule has 2 heterocycles. The molecule has 1 aromatic rings. The van der Waals surface area contributed by atoms with E-state index in [4.69, 9.17) is 0 Å². The van der Waals surface area contributed by atoms with E-state index < -0.39 is 0 Å². The Kier molecular flexibility index (Phi) is 4.99. The van der Waals surface area contributed by atoms with Crippen molar-refractivity contribution in [1.82, 2.24) is 20.2 Å². The molecule has 1 aliphatic rings.